The van der Waals surface area contributed by atoms with E-state index in [1.165, 1.54) is 40.7 Å². The molecule has 1 unspecified atom stereocenters. The van der Waals surface area contributed by atoms with Crippen molar-refractivity contribution in [1.29, 1.82) is 0 Å². The number of hydrogen-bond acceptors (Lipinski definition) is 10. The molecule has 230 valence electrons. The number of aryl methyl sites for hydroxylation is 1. The number of aromatic nitrogens is 2. The first-order valence-electron chi connectivity index (χ1n) is 14.5. The molecule has 0 spiro atoms. The smallest absolute Gasteiger partial charge is 0.296 e. The summed E-state index contributed by atoms with van der Waals surface area (Å²) in [5.41, 5.74) is 3.16. The number of anilines is 1. The van der Waals surface area contributed by atoms with E-state index in [0.29, 0.717) is 44.7 Å². The molecule has 0 radical (unpaired) electrons. The van der Waals surface area contributed by atoms with Crippen molar-refractivity contribution >= 4 is 50.9 Å². The largest absolute Gasteiger partial charge is 0.503 e. The van der Waals surface area contributed by atoms with Crippen LogP contribution >= 0.6 is 23.1 Å². The lowest BCUT2D eigenvalue weighted by Crippen LogP contribution is -2.31. The number of fused-ring (bicyclic) bond motifs is 1. The fraction of sp³-hybridized carbons (Fsp3) is 0.235. The number of aliphatic hydroxyl groups excluding tert-OH is 1. The van der Waals surface area contributed by atoms with E-state index in [-0.39, 0.29) is 16.5 Å². The number of furan rings is 1. The van der Waals surface area contributed by atoms with E-state index in [4.69, 9.17) is 13.9 Å². The summed E-state index contributed by atoms with van der Waals surface area (Å²) in [6, 6.07) is 21.3. The number of amides is 1. The van der Waals surface area contributed by atoms with Gasteiger partial charge in [0, 0.05) is 11.1 Å². The van der Waals surface area contributed by atoms with Crippen molar-refractivity contribution in [2.45, 2.75) is 42.8 Å². The first-order valence-corrected chi connectivity index (χ1v) is 16.3. The monoisotopic (exact) mass is 641 g/mol. The Hall–Kier alpha value is -4.61. The van der Waals surface area contributed by atoms with E-state index in [2.05, 4.69) is 41.4 Å². The third-order valence-corrected chi connectivity index (χ3v) is 9.56. The number of carbonyl (C=O) groups is 2. The lowest BCUT2D eigenvalue weighted by molar-refractivity contribution is -0.117. The Morgan fingerprint density at radius 2 is 1.89 bits per heavy atom. The molecule has 0 fully saturated rings. The van der Waals surface area contributed by atoms with Gasteiger partial charge in [-0.15, -0.1) is 10.2 Å². The predicted molar refractivity (Wildman–Crippen MR) is 174 cm³/mol. The predicted octanol–water partition coefficient (Wildman–Crippen LogP) is 7.86. The quantitative estimate of drug-likeness (QED) is 0.0629. The molecule has 1 N–H and O–H groups in total. The molecule has 2 aromatic heterocycles. The molecular formula is C34H31N3O6S2. The van der Waals surface area contributed by atoms with Crippen molar-refractivity contribution in [2.75, 3.05) is 18.6 Å². The summed E-state index contributed by atoms with van der Waals surface area (Å²) in [5.74, 6) is -0.343. The van der Waals surface area contributed by atoms with Gasteiger partial charge in [-0.2, -0.15) is 0 Å². The van der Waals surface area contributed by atoms with Crippen molar-refractivity contribution in [3.63, 3.8) is 0 Å². The van der Waals surface area contributed by atoms with E-state index in [0.717, 1.165) is 18.4 Å². The SMILES string of the molecule is CCCCOc1cccc(C2C(C(=O)c3cc4cccc(OC)c4o3)=C(O)C(=O)N2c2nnc(SCc3ccc(C)cc3)s2)c1. The summed E-state index contributed by atoms with van der Waals surface area (Å²) < 4.78 is 17.9. The van der Waals surface area contributed by atoms with E-state index in [1.54, 1.807) is 42.5 Å². The second kappa shape index (κ2) is 13.2. The minimum atomic E-state index is -1.00. The van der Waals surface area contributed by atoms with Gasteiger partial charge in [0.1, 0.15) is 5.75 Å². The maximum atomic E-state index is 14.1. The van der Waals surface area contributed by atoms with Crippen molar-refractivity contribution in [1.82, 2.24) is 10.2 Å². The maximum Gasteiger partial charge on any atom is 0.296 e. The van der Waals surface area contributed by atoms with E-state index < -0.39 is 23.5 Å². The minimum absolute atomic E-state index is 0.0299. The summed E-state index contributed by atoms with van der Waals surface area (Å²) in [7, 11) is 1.52. The van der Waals surface area contributed by atoms with Crippen molar-refractivity contribution in [3.05, 3.63) is 107 Å². The van der Waals surface area contributed by atoms with E-state index in [1.807, 2.05) is 13.0 Å². The molecule has 0 aliphatic carbocycles. The average Bonchev–Trinajstić information content (AvgIpc) is 3.77. The summed E-state index contributed by atoms with van der Waals surface area (Å²) in [6.45, 7) is 4.65. The van der Waals surface area contributed by atoms with Crippen LogP contribution in [-0.2, 0) is 10.5 Å². The van der Waals surface area contributed by atoms with Gasteiger partial charge in [0.25, 0.3) is 5.91 Å². The summed E-state index contributed by atoms with van der Waals surface area (Å²) in [4.78, 5) is 29.2. The topological polar surface area (TPSA) is 115 Å². The van der Waals surface area contributed by atoms with Gasteiger partial charge < -0.3 is 19.0 Å². The molecule has 0 saturated heterocycles. The van der Waals surface area contributed by atoms with Crippen LogP contribution in [0.2, 0.25) is 0 Å². The normalized spacial score (nSPS) is 14.9. The molecule has 11 heteroatoms. The Labute approximate surface area is 268 Å². The van der Waals surface area contributed by atoms with Gasteiger partial charge in [-0.1, -0.05) is 90.5 Å². The molecule has 3 aromatic carbocycles. The molecule has 0 bridgehead atoms. The zero-order valence-corrected chi connectivity index (χ0v) is 26.6. The molecule has 1 atom stereocenters. The van der Waals surface area contributed by atoms with Crippen molar-refractivity contribution in [2.24, 2.45) is 0 Å². The van der Waals surface area contributed by atoms with E-state index in [9.17, 15) is 14.7 Å². The van der Waals surface area contributed by atoms with Crippen LogP contribution in [0.1, 0.15) is 53.1 Å². The zero-order valence-electron chi connectivity index (χ0n) is 25.0. The second-order valence-electron chi connectivity index (χ2n) is 10.6. The van der Waals surface area contributed by atoms with Crippen LogP contribution in [0.25, 0.3) is 11.0 Å². The van der Waals surface area contributed by atoms with Gasteiger partial charge in [-0.3, -0.25) is 14.5 Å². The molecular weight excluding hydrogens is 611 g/mol. The summed E-state index contributed by atoms with van der Waals surface area (Å²) in [6.07, 6.45) is 1.86. The van der Waals surface area contributed by atoms with Crippen LogP contribution in [0.4, 0.5) is 5.13 Å². The highest BCUT2D eigenvalue weighted by Gasteiger charge is 2.47. The lowest BCUT2D eigenvalue weighted by Gasteiger charge is -2.24. The average molecular weight is 642 g/mol. The highest BCUT2D eigenvalue weighted by atomic mass is 32.2. The van der Waals surface area contributed by atoms with Crippen molar-refractivity contribution < 1.29 is 28.6 Å². The summed E-state index contributed by atoms with van der Waals surface area (Å²) >= 11 is 2.72. The fourth-order valence-electron chi connectivity index (χ4n) is 5.09. The Kier molecular flexibility index (Phi) is 8.90. The van der Waals surface area contributed by atoms with Gasteiger partial charge in [-0.05, 0) is 48.7 Å². The highest BCUT2D eigenvalue weighted by Crippen LogP contribution is 2.45. The van der Waals surface area contributed by atoms with Crippen molar-refractivity contribution in [3.8, 4) is 11.5 Å². The number of hydrogen-bond donors (Lipinski definition) is 1. The molecule has 1 aliphatic heterocycles. The van der Waals surface area contributed by atoms with Crippen LogP contribution in [0, 0.1) is 6.92 Å². The number of aliphatic hydroxyl groups is 1. The molecule has 6 rings (SSSR count). The zero-order chi connectivity index (χ0) is 31.5. The van der Waals surface area contributed by atoms with Crippen LogP contribution < -0.4 is 14.4 Å². The van der Waals surface area contributed by atoms with E-state index >= 15 is 0 Å². The number of rotatable bonds is 12. The maximum absolute atomic E-state index is 14.1. The van der Waals surface area contributed by atoms with Gasteiger partial charge in [0.15, 0.2) is 27.2 Å². The number of para-hydroxylation sites is 1. The highest BCUT2D eigenvalue weighted by molar-refractivity contribution is 8.00. The molecule has 9 nitrogen and oxygen atoms in total. The molecule has 45 heavy (non-hydrogen) atoms. The number of methoxy groups -OCH3 is 1. The fourth-order valence-corrected chi connectivity index (χ4v) is 6.91. The van der Waals surface area contributed by atoms with Gasteiger partial charge in [0.2, 0.25) is 10.9 Å². The molecule has 1 aliphatic rings. The number of unbranched alkanes of at least 4 members (excludes halogenated alkanes) is 1. The number of ether oxygens (including phenoxy) is 2. The Morgan fingerprint density at radius 3 is 2.67 bits per heavy atom. The van der Waals surface area contributed by atoms with Crippen LogP contribution in [0.5, 0.6) is 11.5 Å². The first kappa shape index (κ1) is 30.4. The number of ketones is 1. The standard InChI is InChI=1S/C34H31N3O6S2/c1-4-5-16-42-24-10-6-8-22(17-24)28-27(29(38)26-18-23-9-7-11-25(41-3)31(23)43-26)30(39)32(40)37(28)33-35-36-34(45-33)44-19-21-14-12-20(2)13-15-21/h6-15,17-18,28,39H,4-5,16,19H2,1-3H3. The van der Waals surface area contributed by atoms with Crippen LogP contribution in [-0.4, -0.2) is 40.7 Å². The number of nitrogens with zero attached hydrogens (tertiary/aromatic N) is 3. The first-order chi connectivity index (χ1) is 21.9. The molecule has 3 heterocycles. The number of carbonyl (C=O) groups excluding carboxylic acids is 2. The lowest BCUT2D eigenvalue weighted by atomic mass is 9.95. The molecule has 5 aromatic rings. The van der Waals surface area contributed by atoms with Gasteiger partial charge in [-0.25, -0.2) is 0 Å². The third-order valence-electron chi connectivity index (χ3n) is 7.43. The van der Waals surface area contributed by atoms with Gasteiger partial charge >= 0.3 is 0 Å². The number of thioether (sulfide) groups is 1. The van der Waals surface area contributed by atoms with Gasteiger partial charge in [0.05, 0.1) is 25.3 Å². The second-order valence-corrected chi connectivity index (χ2v) is 12.7. The molecule has 0 saturated carbocycles. The van der Waals surface area contributed by atoms with Crippen LogP contribution in [0.15, 0.2) is 92.9 Å². The Morgan fingerprint density at radius 1 is 1.09 bits per heavy atom. The van der Waals surface area contributed by atoms with Crippen LogP contribution in [0.3, 0.4) is 0 Å². The Bertz CT molecular complexity index is 1900. The molecule has 1 amide bonds. The Balaban J connectivity index is 1.37. The third kappa shape index (κ3) is 6.18. The minimum Gasteiger partial charge on any atom is -0.503 e. The number of benzene rings is 3. The number of Topliss-reactive ketones (excluding diaryl/α,β-unsaturated/α-hetero) is 1. The summed E-state index contributed by atoms with van der Waals surface area (Å²) in [5, 5.41) is 20.8.